The highest BCUT2D eigenvalue weighted by Crippen LogP contribution is 2.23. The normalized spacial score (nSPS) is 14.6. The summed E-state index contributed by atoms with van der Waals surface area (Å²) >= 11 is 0. The van der Waals surface area contributed by atoms with E-state index in [2.05, 4.69) is 49.6 Å². The van der Waals surface area contributed by atoms with E-state index < -0.39 is 0 Å². The smallest absolute Gasteiger partial charge is 0.274 e. The van der Waals surface area contributed by atoms with Gasteiger partial charge in [0, 0.05) is 61.6 Å². The van der Waals surface area contributed by atoms with Crippen molar-refractivity contribution in [1.82, 2.24) is 19.4 Å². The standard InChI is InChI=1S/C24H31N7O/c1-17(2)31-11-5-6-21(23(31)32)27-22-18(3)16-25-24(28-22)26-19-7-9-20(10-8-19)30-14-12-29(4)13-15-30/h5-11,16-17H,12-15H2,1-4H3,(H2,25,26,27,28). The number of hydrogen-bond acceptors (Lipinski definition) is 7. The van der Waals surface area contributed by atoms with Crippen LogP contribution in [0, 0.1) is 6.92 Å². The molecule has 2 aromatic heterocycles. The molecule has 4 rings (SSSR count). The molecule has 32 heavy (non-hydrogen) atoms. The van der Waals surface area contributed by atoms with Crippen molar-refractivity contribution < 1.29 is 0 Å². The van der Waals surface area contributed by atoms with Crippen LogP contribution in [0.5, 0.6) is 0 Å². The van der Waals surface area contributed by atoms with E-state index in [9.17, 15) is 4.79 Å². The maximum atomic E-state index is 12.7. The van der Waals surface area contributed by atoms with E-state index in [1.807, 2.05) is 39.0 Å². The highest BCUT2D eigenvalue weighted by atomic mass is 16.1. The minimum Gasteiger partial charge on any atom is -0.369 e. The molecule has 8 heteroatoms. The minimum atomic E-state index is -0.0745. The molecule has 0 amide bonds. The van der Waals surface area contributed by atoms with Gasteiger partial charge in [-0.05, 0) is 64.2 Å². The zero-order chi connectivity index (χ0) is 22.7. The van der Waals surface area contributed by atoms with Gasteiger partial charge in [0.2, 0.25) is 5.95 Å². The van der Waals surface area contributed by atoms with Crippen LogP contribution in [-0.2, 0) is 0 Å². The molecule has 168 valence electrons. The number of benzene rings is 1. The van der Waals surface area contributed by atoms with Crippen molar-refractivity contribution >= 4 is 28.8 Å². The zero-order valence-electron chi connectivity index (χ0n) is 19.2. The molecular formula is C24H31N7O. The molecule has 1 aromatic carbocycles. The highest BCUT2D eigenvalue weighted by molar-refractivity contribution is 5.63. The van der Waals surface area contributed by atoms with Crippen LogP contribution in [0.15, 0.2) is 53.6 Å². The molecule has 3 heterocycles. The summed E-state index contributed by atoms with van der Waals surface area (Å²) in [6.45, 7) is 10.1. The molecule has 2 N–H and O–H groups in total. The Morgan fingerprint density at radius 2 is 1.72 bits per heavy atom. The van der Waals surface area contributed by atoms with Crippen molar-refractivity contribution in [2.24, 2.45) is 0 Å². The van der Waals surface area contributed by atoms with Crippen LogP contribution in [0.2, 0.25) is 0 Å². The van der Waals surface area contributed by atoms with Crippen molar-refractivity contribution in [3.8, 4) is 0 Å². The third kappa shape index (κ3) is 4.91. The fourth-order valence-electron chi connectivity index (χ4n) is 3.72. The number of anilines is 5. The Morgan fingerprint density at radius 3 is 2.41 bits per heavy atom. The molecule has 8 nitrogen and oxygen atoms in total. The van der Waals surface area contributed by atoms with E-state index in [-0.39, 0.29) is 11.6 Å². The van der Waals surface area contributed by atoms with Gasteiger partial charge >= 0.3 is 0 Å². The SMILES string of the molecule is Cc1cnc(Nc2ccc(N3CCN(C)CC3)cc2)nc1Nc1cccn(C(C)C)c1=O. The number of piperazine rings is 1. The molecule has 0 unspecified atom stereocenters. The summed E-state index contributed by atoms with van der Waals surface area (Å²) in [5.74, 6) is 1.08. The van der Waals surface area contributed by atoms with Gasteiger partial charge in [0.25, 0.3) is 5.56 Å². The molecule has 1 saturated heterocycles. The van der Waals surface area contributed by atoms with Gasteiger partial charge in [0.1, 0.15) is 11.5 Å². The van der Waals surface area contributed by atoms with Gasteiger partial charge in [-0.3, -0.25) is 4.79 Å². The Labute approximate surface area is 188 Å². The van der Waals surface area contributed by atoms with Crippen molar-refractivity contribution in [2.45, 2.75) is 26.8 Å². The molecule has 3 aromatic rings. The van der Waals surface area contributed by atoms with E-state index >= 15 is 0 Å². The number of likely N-dealkylation sites (N-methyl/N-ethyl adjacent to an activating group) is 1. The van der Waals surface area contributed by atoms with Crippen molar-refractivity contribution in [2.75, 3.05) is 48.8 Å². The van der Waals surface area contributed by atoms with Gasteiger partial charge in [0.05, 0.1) is 0 Å². The highest BCUT2D eigenvalue weighted by Gasteiger charge is 2.14. The number of aryl methyl sites for hydroxylation is 1. The number of nitrogens with one attached hydrogen (secondary N) is 2. The average molecular weight is 434 g/mol. The monoisotopic (exact) mass is 433 g/mol. The molecular weight excluding hydrogens is 402 g/mol. The molecule has 1 fully saturated rings. The van der Waals surface area contributed by atoms with Crippen LogP contribution in [0.3, 0.4) is 0 Å². The van der Waals surface area contributed by atoms with Crippen LogP contribution in [0.4, 0.5) is 28.8 Å². The second-order valence-electron chi connectivity index (χ2n) is 8.54. The molecule has 1 aliphatic rings. The minimum absolute atomic E-state index is 0.0745. The van der Waals surface area contributed by atoms with E-state index in [4.69, 9.17) is 0 Å². The summed E-state index contributed by atoms with van der Waals surface area (Å²) in [7, 11) is 2.16. The first-order valence-corrected chi connectivity index (χ1v) is 11.0. The lowest BCUT2D eigenvalue weighted by Crippen LogP contribution is -2.44. The summed E-state index contributed by atoms with van der Waals surface area (Å²) in [5.41, 5.74) is 3.42. The first-order valence-electron chi connectivity index (χ1n) is 11.0. The van der Waals surface area contributed by atoms with Crippen LogP contribution in [-0.4, -0.2) is 52.7 Å². The number of aromatic nitrogens is 3. The van der Waals surface area contributed by atoms with Crippen molar-refractivity contribution in [1.29, 1.82) is 0 Å². The molecule has 0 atom stereocenters. The maximum Gasteiger partial charge on any atom is 0.274 e. The largest absolute Gasteiger partial charge is 0.369 e. The second kappa shape index (κ2) is 9.40. The average Bonchev–Trinajstić information content (AvgIpc) is 2.78. The van der Waals surface area contributed by atoms with Gasteiger partial charge < -0.3 is 25.0 Å². The Morgan fingerprint density at radius 1 is 1.00 bits per heavy atom. The van der Waals surface area contributed by atoms with Crippen LogP contribution < -0.4 is 21.1 Å². The first kappa shape index (κ1) is 21.8. The molecule has 0 spiro atoms. The third-order valence-corrected chi connectivity index (χ3v) is 5.75. The predicted octanol–water partition coefficient (Wildman–Crippen LogP) is 3.77. The number of rotatable bonds is 6. The van der Waals surface area contributed by atoms with E-state index in [1.165, 1.54) is 5.69 Å². The topological polar surface area (TPSA) is 78.3 Å². The number of pyridine rings is 1. The van der Waals surface area contributed by atoms with Gasteiger partial charge in [-0.1, -0.05) is 0 Å². The van der Waals surface area contributed by atoms with Crippen LogP contribution in [0.1, 0.15) is 25.5 Å². The molecule has 0 aliphatic carbocycles. The van der Waals surface area contributed by atoms with Crippen LogP contribution >= 0.6 is 0 Å². The fourth-order valence-corrected chi connectivity index (χ4v) is 3.72. The summed E-state index contributed by atoms with van der Waals surface area (Å²) in [6.07, 6.45) is 3.55. The Balaban J connectivity index is 1.49. The van der Waals surface area contributed by atoms with E-state index in [0.29, 0.717) is 17.5 Å². The summed E-state index contributed by atoms with van der Waals surface area (Å²) in [5, 5.41) is 6.45. The Hall–Kier alpha value is -3.39. The van der Waals surface area contributed by atoms with Gasteiger partial charge in [0.15, 0.2) is 0 Å². The van der Waals surface area contributed by atoms with E-state index in [0.717, 1.165) is 37.4 Å². The Bertz CT molecular complexity index is 1120. The van der Waals surface area contributed by atoms with Crippen molar-refractivity contribution in [3.05, 3.63) is 64.7 Å². The zero-order valence-corrected chi connectivity index (χ0v) is 19.2. The maximum absolute atomic E-state index is 12.7. The van der Waals surface area contributed by atoms with Gasteiger partial charge in [-0.15, -0.1) is 0 Å². The lowest BCUT2D eigenvalue weighted by Gasteiger charge is -2.34. The molecule has 0 bridgehead atoms. The number of nitrogens with zero attached hydrogens (tertiary/aromatic N) is 5. The lowest BCUT2D eigenvalue weighted by atomic mass is 10.2. The first-order chi connectivity index (χ1) is 15.4. The third-order valence-electron chi connectivity index (χ3n) is 5.75. The molecule has 0 saturated carbocycles. The summed E-state index contributed by atoms with van der Waals surface area (Å²) < 4.78 is 1.69. The Kier molecular flexibility index (Phi) is 6.41. The van der Waals surface area contributed by atoms with Crippen molar-refractivity contribution in [3.63, 3.8) is 0 Å². The summed E-state index contributed by atoms with van der Waals surface area (Å²) in [4.78, 5) is 26.5. The van der Waals surface area contributed by atoms with Crippen LogP contribution in [0.25, 0.3) is 0 Å². The number of hydrogen-bond donors (Lipinski definition) is 2. The fraction of sp³-hybridized carbons (Fsp3) is 0.375. The second-order valence-corrected chi connectivity index (χ2v) is 8.54. The van der Waals surface area contributed by atoms with Gasteiger partial charge in [-0.2, -0.15) is 4.98 Å². The predicted molar refractivity (Wildman–Crippen MR) is 131 cm³/mol. The van der Waals surface area contributed by atoms with E-state index in [1.54, 1.807) is 23.0 Å². The summed E-state index contributed by atoms with van der Waals surface area (Å²) in [6, 6.07) is 12.1. The lowest BCUT2D eigenvalue weighted by molar-refractivity contribution is 0.313. The van der Waals surface area contributed by atoms with Gasteiger partial charge in [-0.25, -0.2) is 4.98 Å². The molecule has 0 radical (unpaired) electrons. The molecule has 1 aliphatic heterocycles. The quantitative estimate of drug-likeness (QED) is 0.613.